The molecule has 0 bridgehead atoms. The molecule has 0 aromatic heterocycles. The first-order valence-electron chi connectivity index (χ1n) is 6.37. The molecule has 2 heterocycles. The second-order valence-corrected chi connectivity index (χ2v) is 5.35. The van der Waals surface area contributed by atoms with Gasteiger partial charge in [0.15, 0.2) is 0 Å². The molecule has 2 rings (SSSR count). The van der Waals surface area contributed by atoms with Crippen molar-refractivity contribution in [1.82, 2.24) is 15.1 Å². The van der Waals surface area contributed by atoms with Crippen molar-refractivity contribution < 1.29 is 0 Å². The Balaban J connectivity index is 1.78. The van der Waals surface area contributed by atoms with E-state index in [4.69, 9.17) is 0 Å². The molecule has 2 aliphatic rings. The number of nitrogens with zero attached hydrogens (tertiary/aromatic N) is 2. The van der Waals surface area contributed by atoms with Crippen molar-refractivity contribution in [2.75, 3.05) is 52.9 Å². The number of nitrogens with one attached hydrogen (secondary N) is 1. The Hall–Kier alpha value is -0.120. The van der Waals surface area contributed by atoms with Crippen molar-refractivity contribution in [1.29, 1.82) is 0 Å². The predicted molar refractivity (Wildman–Crippen MR) is 64.1 cm³/mol. The maximum atomic E-state index is 3.50. The smallest absolute Gasteiger partial charge is 0.0109 e. The zero-order valence-electron chi connectivity index (χ0n) is 10.2. The Morgan fingerprint density at radius 2 is 2.00 bits per heavy atom. The van der Waals surface area contributed by atoms with Crippen molar-refractivity contribution in [3.8, 4) is 0 Å². The highest BCUT2D eigenvalue weighted by Gasteiger charge is 2.25. The minimum Gasteiger partial charge on any atom is -0.316 e. The average Bonchev–Trinajstić information content (AvgIpc) is 2.48. The standard InChI is InChI=1S/C12H25N3/c1-11-8-13-9-12(11)10-15-5-3-4-14(2)6-7-15/h11-13H,3-10H2,1-2H3. The van der Waals surface area contributed by atoms with E-state index in [1.54, 1.807) is 0 Å². The fourth-order valence-corrected chi connectivity index (χ4v) is 2.72. The summed E-state index contributed by atoms with van der Waals surface area (Å²) in [6.07, 6.45) is 1.34. The van der Waals surface area contributed by atoms with Crippen LogP contribution in [-0.4, -0.2) is 62.7 Å². The van der Waals surface area contributed by atoms with Crippen molar-refractivity contribution in [2.45, 2.75) is 13.3 Å². The van der Waals surface area contributed by atoms with Crippen molar-refractivity contribution in [2.24, 2.45) is 11.8 Å². The molecule has 1 N–H and O–H groups in total. The van der Waals surface area contributed by atoms with E-state index >= 15 is 0 Å². The summed E-state index contributed by atoms with van der Waals surface area (Å²) in [5.74, 6) is 1.75. The van der Waals surface area contributed by atoms with Gasteiger partial charge in [0.2, 0.25) is 0 Å². The second-order valence-electron chi connectivity index (χ2n) is 5.35. The van der Waals surface area contributed by atoms with E-state index in [0.717, 1.165) is 11.8 Å². The van der Waals surface area contributed by atoms with E-state index in [9.17, 15) is 0 Å². The van der Waals surface area contributed by atoms with Crippen molar-refractivity contribution in [3.63, 3.8) is 0 Å². The molecule has 0 saturated carbocycles. The molecule has 88 valence electrons. The molecule has 0 radical (unpaired) electrons. The molecular weight excluding hydrogens is 186 g/mol. The maximum Gasteiger partial charge on any atom is 0.0109 e. The molecule has 0 spiro atoms. The summed E-state index contributed by atoms with van der Waals surface area (Å²) in [6, 6.07) is 0. The summed E-state index contributed by atoms with van der Waals surface area (Å²) in [6.45, 7) is 11.2. The van der Waals surface area contributed by atoms with Crippen molar-refractivity contribution >= 4 is 0 Å². The van der Waals surface area contributed by atoms with E-state index in [1.807, 2.05) is 0 Å². The molecular formula is C12H25N3. The van der Waals surface area contributed by atoms with E-state index in [2.05, 4.69) is 29.1 Å². The van der Waals surface area contributed by atoms with E-state index < -0.39 is 0 Å². The monoisotopic (exact) mass is 211 g/mol. The van der Waals surface area contributed by atoms with Crippen LogP contribution in [0.1, 0.15) is 13.3 Å². The molecule has 3 heteroatoms. The SMILES string of the molecule is CC1CNCC1CN1CCCN(C)CC1. The molecule has 2 aliphatic heterocycles. The van der Waals surface area contributed by atoms with E-state index in [-0.39, 0.29) is 0 Å². The van der Waals surface area contributed by atoms with Crippen molar-refractivity contribution in [3.05, 3.63) is 0 Å². The van der Waals surface area contributed by atoms with Crippen LogP contribution < -0.4 is 5.32 Å². The highest BCUT2D eigenvalue weighted by atomic mass is 15.2. The van der Waals surface area contributed by atoms with Gasteiger partial charge in [0.1, 0.15) is 0 Å². The Labute approximate surface area is 93.8 Å². The molecule has 3 nitrogen and oxygen atoms in total. The first-order chi connectivity index (χ1) is 7.25. The summed E-state index contributed by atoms with van der Waals surface area (Å²) in [5.41, 5.74) is 0. The zero-order chi connectivity index (χ0) is 10.7. The Bertz CT molecular complexity index is 195. The van der Waals surface area contributed by atoms with Gasteiger partial charge in [-0.15, -0.1) is 0 Å². The fourth-order valence-electron chi connectivity index (χ4n) is 2.72. The highest BCUT2D eigenvalue weighted by molar-refractivity contribution is 4.81. The first-order valence-corrected chi connectivity index (χ1v) is 6.37. The third-order valence-electron chi connectivity index (χ3n) is 3.98. The molecule has 0 aromatic rings. The van der Waals surface area contributed by atoms with Crippen LogP contribution in [0.4, 0.5) is 0 Å². The minimum atomic E-state index is 0.867. The summed E-state index contributed by atoms with van der Waals surface area (Å²) < 4.78 is 0. The first kappa shape index (κ1) is 11.4. The number of rotatable bonds is 2. The molecule has 0 amide bonds. The third kappa shape index (κ3) is 3.16. The fraction of sp³-hybridized carbons (Fsp3) is 1.00. The van der Waals surface area contributed by atoms with Crippen LogP contribution in [0.3, 0.4) is 0 Å². The van der Waals surface area contributed by atoms with Crippen LogP contribution >= 0.6 is 0 Å². The Morgan fingerprint density at radius 3 is 2.73 bits per heavy atom. The van der Waals surface area contributed by atoms with E-state index in [0.29, 0.717) is 0 Å². The van der Waals surface area contributed by atoms with Crippen LogP contribution in [0, 0.1) is 11.8 Å². The molecule has 15 heavy (non-hydrogen) atoms. The third-order valence-corrected chi connectivity index (χ3v) is 3.98. The average molecular weight is 211 g/mol. The quantitative estimate of drug-likeness (QED) is 0.717. The van der Waals surface area contributed by atoms with E-state index in [1.165, 1.54) is 52.2 Å². The highest BCUT2D eigenvalue weighted by Crippen LogP contribution is 2.17. The number of likely N-dealkylation sites (N-methyl/N-ethyl adjacent to an activating group) is 1. The van der Waals surface area contributed by atoms with Gasteiger partial charge in [-0.05, 0) is 51.5 Å². The van der Waals surface area contributed by atoms with Gasteiger partial charge in [-0.1, -0.05) is 6.92 Å². The molecule has 2 fully saturated rings. The van der Waals surface area contributed by atoms with Crippen LogP contribution in [0.5, 0.6) is 0 Å². The van der Waals surface area contributed by atoms with Gasteiger partial charge in [0, 0.05) is 19.6 Å². The van der Waals surface area contributed by atoms with Crippen LogP contribution in [0.15, 0.2) is 0 Å². The lowest BCUT2D eigenvalue weighted by Gasteiger charge is -2.25. The Kier molecular flexibility index (Phi) is 4.00. The Morgan fingerprint density at radius 1 is 1.13 bits per heavy atom. The summed E-state index contributed by atoms with van der Waals surface area (Å²) in [7, 11) is 2.24. The number of hydrogen-bond acceptors (Lipinski definition) is 3. The minimum absolute atomic E-state index is 0.867. The maximum absolute atomic E-state index is 3.50. The zero-order valence-corrected chi connectivity index (χ0v) is 10.2. The van der Waals surface area contributed by atoms with Crippen LogP contribution in [-0.2, 0) is 0 Å². The molecule has 0 aliphatic carbocycles. The lowest BCUT2D eigenvalue weighted by atomic mass is 9.97. The lowest BCUT2D eigenvalue weighted by Crippen LogP contribution is -2.35. The molecule has 0 aromatic carbocycles. The normalized spacial score (nSPS) is 35.6. The summed E-state index contributed by atoms with van der Waals surface area (Å²) in [5, 5.41) is 3.50. The van der Waals surface area contributed by atoms with Gasteiger partial charge >= 0.3 is 0 Å². The number of hydrogen-bond donors (Lipinski definition) is 1. The largest absolute Gasteiger partial charge is 0.316 e. The van der Waals surface area contributed by atoms with Crippen LogP contribution in [0.2, 0.25) is 0 Å². The van der Waals surface area contributed by atoms with Gasteiger partial charge < -0.3 is 15.1 Å². The second kappa shape index (κ2) is 5.28. The predicted octanol–water partition coefficient (Wildman–Crippen LogP) is 0.479. The molecule has 2 unspecified atom stereocenters. The van der Waals surface area contributed by atoms with Gasteiger partial charge in [-0.25, -0.2) is 0 Å². The van der Waals surface area contributed by atoms with Gasteiger partial charge in [0.05, 0.1) is 0 Å². The topological polar surface area (TPSA) is 18.5 Å². The van der Waals surface area contributed by atoms with Crippen LogP contribution in [0.25, 0.3) is 0 Å². The molecule has 2 atom stereocenters. The van der Waals surface area contributed by atoms with Gasteiger partial charge in [0.25, 0.3) is 0 Å². The lowest BCUT2D eigenvalue weighted by molar-refractivity contribution is 0.223. The summed E-state index contributed by atoms with van der Waals surface area (Å²) >= 11 is 0. The van der Waals surface area contributed by atoms with Gasteiger partial charge in [-0.2, -0.15) is 0 Å². The summed E-state index contributed by atoms with van der Waals surface area (Å²) in [4.78, 5) is 5.12. The molecule has 2 saturated heterocycles. The van der Waals surface area contributed by atoms with Gasteiger partial charge in [-0.3, -0.25) is 0 Å².